The lowest BCUT2D eigenvalue weighted by atomic mass is 10.2. The number of hydrogen-bond donors (Lipinski definition) is 1. The molecule has 6 nitrogen and oxygen atoms in total. The highest BCUT2D eigenvalue weighted by Gasteiger charge is 2.26. The van der Waals surface area contributed by atoms with Gasteiger partial charge in [0.1, 0.15) is 18.5 Å². The van der Waals surface area contributed by atoms with Gasteiger partial charge in [-0.15, -0.1) is 0 Å². The second-order valence-corrected chi connectivity index (χ2v) is 4.97. The van der Waals surface area contributed by atoms with Gasteiger partial charge in [0.15, 0.2) is 0 Å². The smallest absolute Gasteiger partial charge is 0.254 e. The van der Waals surface area contributed by atoms with Gasteiger partial charge in [-0.25, -0.2) is 0 Å². The Balaban J connectivity index is 2.40. The van der Waals surface area contributed by atoms with E-state index in [4.69, 9.17) is 14.8 Å². The average molecular weight is 244 g/mol. The van der Waals surface area contributed by atoms with Gasteiger partial charge >= 0.3 is 0 Å². The molecular formula is C11H20N2O4. The van der Waals surface area contributed by atoms with Crippen LogP contribution in [0.4, 0.5) is 0 Å². The maximum atomic E-state index is 10.7. The Kier molecular flexibility index (Phi) is 4.89. The number of hydroxylamine groups is 2. The van der Waals surface area contributed by atoms with Crippen molar-refractivity contribution in [2.24, 2.45) is 5.16 Å². The second-order valence-electron chi connectivity index (χ2n) is 4.97. The third-order valence-electron chi connectivity index (χ3n) is 2.29. The van der Waals surface area contributed by atoms with E-state index in [2.05, 4.69) is 5.16 Å². The van der Waals surface area contributed by atoms with E-state index < -0.39 is 5.60 Å². The Morgan fingerprint density at radius 2 is 2.29 bits per heavy atom. The van der Waals surface area contributed by atoms with E-state index in [0.717, 1.165) is 19.1 Å². The van der Waals surface area contributed by atoms with Crippen LogP contribution in [-0.4, -0.2) is 47.2 Å². The summed E-state index contributed by atoms with van der Waals surface area (Å²) in [6.45, 7) is 6.28. The number of nitrogens with zero attached hydrogens (tertiary/aromatic N) is 2. The lowest BCUT2D eigenvalue weighted by Crippen LogP contribution is -2.35. The number of aldehydes is 1. The minimum absolute atomic E-state index is 0.0259. The second kappa shape index (κ2) is 5.97. The normalized spacial score (nSPS) is 22.8. The van der Waals surface area contributed by atoms with Crippen LogP contribution >= 0.6 is 0 Å². The van der Waals surface area contributed by atoms with Gasteiger partial charge in [-0.3, -0.25) is 4.84 Å². The Hall–Kier alpha value is -1.14. The minimum Gasteiger partial charge on any atom is -0.471 e. The molecule has 0 aromatic carbocycles. The first-order valence-corrected chi connectivity index (χ1v) is 5.71. The van der Waals surface area contributed by atoms with Crippen molar-refractivity contribution < 1.29 is 19.6 Å². The number of hydrogen-bond acceptors (Lipinski definition) is 6. The summed E-state index contributed by atoms with van der Waals surface area (Å²) >= 11 is 0. The fourth-order valence-corrected chi connectivity index (χ4v) is 1.63. The summed E-state index contributed by atoms with van der Waals surface area (Å²) in [5.41, 5.74) is -0.444. The van der Waals surface area contributed by atoms with Crippen LogP contribution in [0.15, 0.2) is 5.16 Å². The first kappa shape index (κ1) is 13.9. The highest BCUT2D eigenvalue weighted by molar-refractivity contribution is 5.77. The standard InChI is InChI=1S/C11H20N2O4/c1-11(2,3)17-10(12-15)8-16-13-6-4-5-9(13)7-14/h7,9,15H,4-6,8H2,1-3H3/t9-/m0/s1. The summed E-state index contributed by atoms with van der Waals surface area (Å²) in [6.07, 6.45) is 2.59. The zero-order valence-electron chi connectivity index (χ0n) is 10.5. The summed E-state index contributed by atoms with van der Waals surface area (Å²) in [5.74, 6) is 0.106. The van der Waals surface area contributed by atoms with Crippen molar-refractivity contribution in [1.82, 2.24) is 5.06 Å². The van der Waals surface area contributed by atoms with Crippen LogP contribution in [-0.2, 0) is 14.4 Å². The predicted octanol–water partition coefficient (Wildman–Crippen LogP) is 1.18. The Morgan fingerprint density at radius 3 is 2.82 bits per heavy atom. The van der Waals surface area contributed by atoms with E-state index in [1.54, 1.807) is 5.06 Å². The van der Waals surface area contributed by atoms with Crippen molar-refractivity contribution in [2.45, 2.75) is 45.3 Å². The third-order valence-corrected chi connectivity index (χ3v) is 2.29. The molecular weight excluding hydrogens is 224 g/mol. The number of carbonyl (C=O) groups is 1. The van der Waals surface area contributed by atoms with Gasteiger partial charge in [0.25, 0.3) is 5.90 Å². The van der Waals surface area contributed by atoms with E-state index in [1.807, 2.05) is 20.8 Å². The van der Waals surface area contributed by atoms with Crippen molar-refractivity contribution in [3.05, 3.63) is 0 Å². The SMILES string of the molecule is CC(C)(C)OC(CON1CCC[C@H]1C=O)=NO. The fraction of sp³-hybridized carbons (Fsp3) is 0.818. The first-order chi connectivity index (χ1) is 7.96. The molecule has 1 aliphatic heterocycles. The molecule has 0 unspecified atom stereocenters. The van der Waals surface area contributed by atoms with Crippen molar-refractivity contribution in [3.8, 4) is 0 Å². The summed E-state index contributed by atoms with van der Waals surface area (Å²) in [5, 5.41) is 13.4. The summed E-state index contributed by atoms with van der Waals surface area (Å²) in [6, 6.07) is -0.204. The monoisotopic (exact) mass is 244 g/mol. The van der Waals surface area contributed by atoms with Gasteiger partial charge in [-0.2, -0.15) is 5.06 Å². The molecule has 98 valence electrons. The molecule has 0 radical (unpaired) electrons. The van der Waals surface area contributed by atoms with Gasteiger partial charge in [-0.05, 0) is 33.6 Å². The molecule has 1 heterocycles. The Morgan fingerprint density at radius 1 is 1.59 bits per heavy atom. The van der Waals surface area contributed by atoms with Crippen molar-refractivity contribution in [1.29, 1.82) is 0 Å². The van der Waals surface area contributed by atoms with E-state index >= 15 is 0 Å². The molecule has 1 N–H and O–H groups in total. The van der Waals surface area contributed by atoms with Crippen LogP contribution < -0.4 is 0 Å². The molecule has 0 amide bonds. The van der Waals surface area contributed by atoms with Crippen LogP contribution in [0.3, 0.4) is 0 Å². The third kappa shape index (κ3) is 4.70. The van der Waals surface area contributed by atoms with Gasteiger partial charge in [0, 0.05) is 6.54 Å². The van der Waals surface area contributed by atoms with Crippen molar-refractivity contribution >= 4 is 12.2 Å². The number of ether oxygens (including phenoxy) is 1. The molecule has 1 fully saturated rings. The zero-order chi connectivity index (χ0) is 12.9. The first-order valence-electron chi connectivity index (χ1n) is 5.71. The van der Waals surface area contributed by atoms with E-state index in [-0.39, 0.29) is 18.5 Å². The largest absolute Gasteiger partial charge is 0.471 e. The highest BCUT2D eigenvalue weighted by Crippen LogP contribution is 2.16. The molecule has 1 atom stereocenters. The fourth-order valence-electron chi connectivity index (χ4n) is 1.63. The number of carbonyl (C=O) groups excluding carboxylic acids is 1. The minimum atomic E-state index is -0.444. The Labute approximate surface area is 101 Å². The highest BCUT2D eigenvalue weighted by atomic mass is 16.7. The molecule has 6 heteroatoms. The lowest BCUT2D eigenvalue weighted by molar-refractivity contribution is -0.162. The number of rotatable bonds is 4. The molecule has 1 saturated heterocycles. The topological polar surface area (TPSA) is 71.4 Å². The Bertz CT molecular complexity index is 286. The maximum Gasteiger partial charge on any atom is 0.254 e. The molecule has 0 saturated carbocycles. The van der Waals surface area contributed by atoms with E-state index in [9.17, 15) is 4.79 Å². The predicted molar refractivity (Wildman–Crippen MR) is 61.8 cm³/mol. The average Bonchev–Trinajstić information content (AvgIpc) is 2.69. The molecule has 0 aromatic heterocycles. The summed E-state index contributed by atoms with van der Waals surface area (Å²) in [7, 11) is 0. The summed E-state index contributed by atoms with van der Waals surface area (Å²) in [4.78, 5) is 16.1. The van der Waals surface area contributed by atoms with Crippen LogP contribution in [0.25, 0.3) is 0 Å². The van der Waals surface area contributed by atoms with Gasteiger partial charge in [0.05, 0.1) is 6.04 Å². The molecule has 0 aromatic rings. The van der Waals surface area contributed by atoms with Gasteiger partial charge in [-0.1, -0.05) is 5.16 Å². The molecule has 1 aliphatic rings. The van der Waals surface area contributed by atoms with Gasteiger partial charge < -0.3 is 14.7 Å². The zero-order valence-corrected chi connectivity index (χ0v) is 10.5. The van der Waals surface area contributed by atoms with Crippen molar-refractivity contribution in [3.63, 3.8) is 0 Å². The van der Waals surface area contributed by atoms with E-state index in [0.29, 0.717) is 6.54 Å². The molecule has 0 spiro atoms. The van der Waals surface area contributed by atoms with Crippen LogP contribution in [0.1, 0.15) is 33.6 Å². The molecule has 17 heavy (non-hydrogen) atoms. The van der Waals surface area contributed by atoms with Crippen molar-refractivity contribution in [2.75, 3.05) is 13.2 Å². The molecule has 0 aliphatic carbocycles. The lowest BCUT2D eigenvalue weighted by Gasteiger charge is -2.24. The summed E-state index contributed by atoms with van der Waals surface area (Å²) < 4.78 is 5.38. The van der Waals surface area contributed by atoms with Gasteiger partial charge in [0.2, 0.25) is 0 Å². The molecule has 1 rings (SSSR count). The van der Waals surface area contributed by atoms with Crippen LogP contribution in [0, 0.1) is 0 Å². The quantitative estimate of drug-likeness (QED) is 0.264. The van der Waals surface area contributed by atoms with Crippen LogP contribution in [0.2, 0.25) is 0 Å². The maximum absolute atomic E-state index is 10.7. The van der Waals surface area contributed by atoms with E-state index in [1.165, 1.54) is 0 Å². The molecule has 0 bridgehead atoms. The van der Waals surface area contributed by atoms with Crippen LogP contribution in [0.5, 0.6) is 0 Å². The number of oxime groups is 1.